The molecule has 31 heavy (non-hydrogen) atoms. The smallest absolute Gasteiger partial charge is 0.222 e. The van der Waals surface area contributed by atoms with E-state index in [0.717, 1.165) is 16.3 Å². The number of aromatic amines is 1. The fourth-order valence-corrected chi connectivity index (χ4v) is 3.77. The number of nitrogens with one attached hydrogen (secondary N) is 2. The predicted molar refractivity (Wildman–Crippen MR) is 118 cm³/mol. The van der Waals surface area contributed by atoms with E-state index < -0.39 is 0 Å². The normalized spacial score (nSPS) is 10.7. The summed E-state index contributed by atoms with van der Waals surface area (Å²) < 4.78 is 20.8. The second-order valence-electron chi connectivity index (χ2n) is 6.57. The van der Waals surface area contributed by atoms with Gasteiger partial charge in [0.2, 0.25) is 11.8 Å². The third-order valence-electron chi connectivity index (χ3n) is 4.39. The van der Waals surface area contributed by atoms with E-state index in [1.165, 1.54) is 24.3 Å². The lowest BCUT2D eigenvalue weighted by Gasteiger charge is -2.08. The quantitative estimate of drug-likeness (QED) is 0.376. The number of nitrogens with zero attached hydrogens (tertiary/aromatic N) is 3. The van der Waals surface area contributed by atoms with Crippen LogP contribution in [0.1, 0.15) is 12.0 Å². The number of ether oxygens (including phenoxy) is 1. The van der Waals surface area contributed by atoms with Gasteiger partial charge < -0.3 is 10.1 Å². The molecule has 0 aliphatic heterocycles. The number of thiophene rings is 1. The second-order valence-corrected chi connectivity index (χ2v) is 7.90. The molecule has 4 rings (SSSR count). The molecule has 158 valence electrons. The number of benzene rings is 1. The second kappa shape index (κ2) is 9.63. The van der Waals surface area contributed by atoms with Crippen molar-refractivity contribution in [3.8, 4) is 22.3 Å². The topological polar surface area (TPSA) is 84.8 Å². The molecule has 7 nitrogen and oxygen atoms in total. The van der Waals surface area contributed by atoms with Crippen LogP contribution in [0.4, 0.5) is 4.39 Å². The van der Waals surface area contributed by atoms with Crippen molar-refractivity contribution in [2.75, 3.05) is 0 Å². The maximum absolute atomic E-state index is 13.0. The van der Waals surface area contributed by atoms with E-state index in [1.54, 1.807) is 23.6 Å². The van der Waals surface area contributed by atoms with Crippen LogP contribution in [0.25, 0.3) is 10.7 Å². The maximum atomic E-state index is 13.0. The fourth-order valence-electron chi connectivity index (χ4n) is 2.82. The summed E-state index contributed by atoms with van der Waals surface area (Å²) in [5, 5.41) is 11.9. The van der Waals surface area contributed by atoms with E-state index >= 15 is 0 Å². The van der Waals surface area contributed by atoms with Crippen LogP contribution < -0.4 is 10.1 Å². The largest absolute Gasteiger partial charge is 0.439 e. The Morgan fingerprint density at radius 1 is 1.23 bits per heavy atom. The Bertz CT molecular complexity index is 1200. The number of hydrogen-bond donors (Lipinski definition) is 2. The van der Waals surface area contributed by atoms with Gasteiger partial charge in [-0.15, -0.1) is 11.3 Å². The van der Waals surface area contributed by atoms with Crippen molar-refractivity contribution in [1.82, 2.24) is 25.1 Å². The number of amides is 1. The fraction of sp³-hybridized carbons (Fsp3) is 0.143. The van der Waals surface area contributed by atoms with Gasteiger partial charge in [0, 0.05) is 31.8 Å². The van der Waals surface area contributed by atoms with Gasteiger partial charge in [-0.1, -0.05) is 12.1 Å². The molecule has 0 fully saturated rings. The minimum absolute atomic E-state index is 0.105. The van der Waals surface area contributed by atoms with Crippen molar-refractivity contribution in [3.05, 3.63) is 76.3 Å². The molecule has 3 aromatic heterocycles. The first-order valence-corrected chi connectivity index (χ1v) is 10.7. The summed E-state index contributed by atoms with van der Waals surface area (Å²) in [6.07, 6.45) is 1.89. The standard InChI is InChI=1S/C21H18FN5O2S2/c22-15-4-6-16(7-5-15)29-19-8-3-14(13-24-19)12-23-18(28)9-10-27-20(25-26-21(27)30)17-2-1-11-31-17/h1-8,11,13H,9-10,12H2,(H,23,28)(H,26,30). The van der Waals surface area contributed by atoms with Crippen LogP contribution in [0.2, 0.25) is 0 Å². The van der Waals surface area contributed by atoms with Crippen molar-refractivity contribution in [1.29, 1.82) is 0 Å². The Balaban J connectivity index is 1.28. The molecule has 0 aliphatic carbocycles. The average molecular weight is 456 g/mol. The van der Waals surface area contributed by atoms with Gasteiger partial charge in [0.1, 0.15) is 11.6 Å². The van der Waals surface area contributed by atoms with Crippen molar-refractivity contribution >= 4 is 29.5 Å². The summed E-state index contributed by atoms with van der Waals surface area (Å²) in [5.41, 5.74) is 0.832. The average Bonchev–Trinajstić information content (AvgIpc) is 3.43. The highest BCUT2D eigenvalue weighted by atomic mass is 32.1. The molecule has 4 aromatic rings. The Hall–Kier alpha value is -3.37. The van der Waals surface area contributed by atoms with Crippen LogP contribution in [0.3, 0.4) is 0 Å². The molecule has 0 radical (unpaired) electrons. The van der Waals surface area contributed by atoms with Crippen molar-refractivity contribution in [2.24, 2.45) is 0 Å². The highest BCUT2D eigenvalue weighted by molar-refractivity contribution is 7.71. The van der Waals surface area contributed by atoms with Crippen molar-refractivity contribution < 1.29 is 13.9 Å². The number of carbonyl (C=O) groups is 1. The van der Waals surface area contributed by atoms with Crippen LogP contribution in [0.15, 0.2) is 60.1 Å². The molecule has 0 atom stereocenters. The highest BCUT2D eigenvalue weighted by Crippen LogP contribution is 2.23. The number of H-pyrrole nitrogens is 1. The zero-order valence-corrected chi connectivity index (χ0v) is 17.9. The molecule has 0 aliphatic rings. The number of halogens is 1. The lowest BCUT2D eigenvalue weighted by molar-refractivity contribution is -0.121. The molecule has 0 saturated carbocycles. The van der Waals surface area contributed by atoms with Gasteiger partial charge in [-0.3, -0.25) is 14.5 Å². The van der Waals surface area contributed by atoms with E-state index in [0.29, 0.717) is 29.5 Å². The summed E-state index contributed by atoms with van der Waals surface area (Å²) in [6, 6.07) is 13.1. The number of carbonyl (C=O) groups excluding carboxylic acids is 1. The molecule has 0 saturated heterocycles. The Morgan fingerprint density at radius 2 is 2.06 bits per heavy atom. The molecule has 3 heterocycles. The third kappa shape index (κ3) is 5.41. The van der Waals surface area contributed by atoms with Gasteiger partial charge in [0.05, 0.1) is 4.88 Å². The van der Waals surface area contributed by atoms with E-state index in [2.05, 4.69) is 20.5 Å². The molecule has 0 spiro atoms. The highest BCUT2D eigenvalue weighted by Gasteiger charge is 2.11. The van der Waals surface area contributed by atoms with Crippen LogP contribution in [-0.4, -0.2) is 25.7 Å². The van der Waals surface area contributed by atoms with Gasteiger partial charge in [0.15, 0.2) is 10.6 Å². The van der Waals surface area contributed by atoms with Gasteiger partial charge in [-0.2, -0.15) is 5.10 Å². The van der Waals surface area contributed by atoms with Crippen LogP contribution >= 0.6 is 23.6 Å². The van der Waals surface area contributed by atoms with E-state index in [9.17, 15) is 9.18 Å². The zero-order chi connectivity index (χ0) is 21.6. The zero-order valence-electron chi connectivity index (χ0n) is 16.2. The first kappa shape index (κ1) is 20.9. The number of rotatable bonds is 8. The first-order valence-electron chi connectivity index (χ1n) is 9.42. The lowest BCUT2D eigenvalue weighted by Crippen LogP contribution is -2.24. The number of hydrogen-bond acceptors (Lipinski definition) is 6. The molecule has 0 bridgehead atoms. The summed E-state index contributed by atoms with van der Waals surface area (Å²) in [4.78, 5) is 17.5. The van der Waals surface area contributed by atoms with Crippen LogP contribution in [-0.2, 0) is 17.9 Å². The molecule has 2 N–H and O–H groups in total. The first-order chi connectivity index (χ1) is 15.1. The summed E-state index contributed by atoms with van der Waals surface area (Å²) in [7, 11) is 0. The summed E-state index contributed by atoms with van der Waals surface area (Å²) in [6.45, 7) is 0.772. The van der Waals surface area contributed by atoms with E-state index in [1.807, 2.05) is 28.1 Å². The monoisotopic (exact) mass is 455 g/mol. The molecule has 10 heteroatoms. The summed E-state index contributed by atoms with van der Waals surface area (Å²) in [5.74, 6) is 1.18. The van der Waals surface area contributed by atoms with Crippen molar-refractivity contribution in [3.63, 3.8) is 0 Å². The SMILES string of the molecule is O=C(CCn1c(-c2cccs2)n[nH]c1=S)NCc1ccc(Oc2ccc(F)cc2)nc1. The maximum Gasteiger partial charge on any atom is 0.222 e. The van der Waals surface area contributed by atoms with Crippen LogP contribution in [0.5, 0.6) is 11.6 Å². The Kier molecular flexibility index (Phi) is 6.48. The minimum Gasteiger partial charge on any atom is -0.439 e. The third-order valence-corrected chi connectivity index (χ3v) is 5.56. The van der Waals surface area contributed by atoms with Crippen LogP contribution in [0, 0.1) is 10.6 Å². The number of pyridine rings is 1. The molecule has 1 aromatic carbocycles. The molecule has 0 unspecified atom stereocenters. The lowest BCUT2D eigenvalue weighted by atomic mass is 10.2. The minimum atomic E-state index is -0.329. The predicted octanol–water partition coefficient (Wildman–Crippen LogP) is 4.70. The van der Waals surface area contributed by atoms with E-state index in [4.69, 9.17) is 17.0 Å². The van der Waals surface area contributed by atoms with Gasteiger partial charge in [-0.05, 0) is 53.5 Å². The summed E-state index contributed by atoms with van der Waals surface area (Å²) >= 11 is 6.85. The number of aromatic nitrogens is 4. The van der Waals surface area contributed by atoms with E-state index in [-0.39, 0.29) is 18.1 Å². The molecular weight excluding hydrogens is 437 g/mol. The Morgan fingerprint density at radius 3 is 2.77 bits per heavy atom. The van der Waals surface area contributed by atoms with Gasteiger partial charge >= 0.3 is 0 Å². The Labute approximate surface area is 186 Å². The molecule has 1 amide bonds. The van der Waals surface area contributed by atoms with Gasteiger partial charge in [-0.25, -0.2) is 9.37 Å². The molecular formula is C21H18FN5O2S2. The van der Waals surface area contributed by atoms with Gasteiger partial charge in [0.25, 0.3) is 0 Å². The van der Waals surface area contributed by atoms with Crippen molar-refractivity contribution in [2.45, 2.75) is 19.5 Å².